The van der Waals surface area contributed by atoms with E-state index in [9.17, 15) is 27.9 Å². The lowest BCUT2D eigenvalue weighted by Gasteiger charge is -2.19. The zero-order valence-electron chi connectivity index (χ0n) is 14.9. The Morgan fingerprint density at radius 1 is 1.18 bits per heavy atom. The highest BCUT2D eigenvalue weighted by Gasteiger charge is 2.31. The molecule has 0 aliphatic carbocycles. The van der Waals surface area contributed by atoms with Crippen LogP contribution in [-0.2, 0) is 22.2 Å². The second-order valence-electron chi connectivity index (χ2n) is 6.04. The predicted molar refractivity (Wildman–Crippen MR) is 94.2 cm³/mol. The van der Waals surface area contributed by atoms with Crippen molar-refractivity contribution in [2.45, 2.75) is 24.7 Å². The third kappa shape index (κ3) is 5.46. The Bertz CT molecular complexity index is 838. The van der Waals surface area contributed by atoms with Crippen LogP contribution in [0.4, 0.5) is 13.2 Å². The maximum absolute atomic E-state index is 12.6. The molecule has 28 heavy (non-hydrogen) atoms. The molecule has 2 aromatic rings. The summed E-state index contributed by atoms with van der Waals surface area (Å²) in [4.78, 5) is 23.9. The average Bonchev–Trinajstić information content (AvgIpc) is 2.66. The van der Waals surface area contributed by atoms with Gasteiger partial charge >= 0.3 is 6.18 Å². The number of halogens is 3. The Labute approximate surface area is 159 Å². The van der Waals surface area contributed by atoms with Gasteiger partial charge in [0.1, 0.15) is 11.8 Å². The smallest absolute Gasteiger partial charge is 0.416 e. The number of ether oxygens (including phenoxy) is 1. The lowest BCUT2D eigenvalue weighted by Crippen LogP contribution is -2.47. The monoisotopic (exact) mass is 396 g/mol. The van der Waals surface area contributed by atoms with Crippen molar-refractivity contribution in [1.29, 1.82) is 0 Å². The first-order valence-corrected chi connectivity index (χ1v) is 8.19. The van der Waals surface area contributed by atoms with E-state index in [-0.39, 0.29) is 12.0 Å². The highest BCUT2D eigenvalue weighted by molar-refractivity contribution is 5.89. The summed E-state index contributed by atoms with van der Waals surface area (Å²) >= 11 is 0. The van der Waals surface area contributed by atoms with E-state index in [0.29, 0.717) is 11.3 Å². The number of benzene rings is 2. The van der Waals surface area contributed by atoms with Gasteiger partial charge in [0.25, 0.3) is 5.91 Å². The average molecular weight is 396 g/mol. The van der Waals surface area contributed by atoms with Crippen LogP contribution >= 0.6 is 0 Å². The van der Waals surface area contributed by atoms with Gasteiger partial charge in [0.05, 0.1) is 12.7 Å². The van der Waals surface area contributed by atoms with Gasteiger partial charge in [0.2, 0.25) is 5.91 Å². The maximum atomic E-state index is 12.6. The molecule has 0 saturated heterocycles. The summed E-state index contributed by atoms with van der Waals surface area (Å²) < 4.78 is 42.9. The van der Waals surface area contributed by atoms with Crippen LogP contribution in [-0.4, -0.2) is 30.1 Å². The second kappa shape index (κ2) is 8.75. The quantitative estimate of drug-likeness (QED) is 0.666. The Morgan fingerprint density at radius 3 is 2.36 bits per heavy atom. The zero-order chi connectivity index (χ0) is 20.9. The van der Waals surface area contributed by atoms with Gasteiger partial charge in [0, 0.05) is 6.42 Å². The van der Waals surface area contributed by atoms with E-state index < -0.39 is 35.7 Å². The lowest BCUT2D eigenvalue weighted by molar-refractivity contribution is -0.137. The maximum Gasteiger partial charge on any atom is 0.416 e. The van der Waals surface area contributed by atoms with Gasteiger partial charge in [-0.25, -0.2) is 0 Å². The summed E-state index contributed by atoms with van der Waals surface area (Å²) in [6, 6.07) is 9.15. The normalized spacial score (nSPS) is 13.5. The standard InChI is InChI=1S/C19H19F3N2O4/c1-28-14-4-2-3-11(9-14)10-15(17(23)26)24-18(27)16(25)12-5-7-13(8-6-12)19(20,21)22/h2-9,15-16,25H,10H2,1H3,(H2,23,26)(H,24,27)/t15-,16-/m0/s1. The number of aliphatic hydroxyl groups excluding tert-OH is 1. The molecule has 2 aromatic carbocycles. The summed E-state index contributed by atoms with van der Waals surface area (Å²) in [7, 11) is 1.48. The number of methoxy groups -OCH3 is 1. The number of hydrogen-bond acceptors (Lipinski definition) is 4. The zero-order valence-corrected chi connectivity index (χ0v) is 14.9. The van der Waals surface area contributed by atoms with Crippen molar-refractivity contribution in [3.05, 3.63) is 65.2 Å². The third-order valence-electron chi connectivity index (χ3n) is 4.04. The van der Waals surface area contributed by atoms with E-state index >= 15 is 0 Å². The van der Waals surface area contributed by atoms with Gasteiger partial charge < -0.3 is 20.9 Å². The molecule has 0 unspecified atom stereocenters. The van der Waals surface area contributed by atoms with Crippen molar-refractivity contribution in [2.24, 2.45) is 5.73 Å². The van der Waals surface area contributed by atoms with Gasteiger partial charge in [-0.15, -0.1) is 0 Å². The highest BCUT2D eigenvalue weighted by Crippen LogP contribution is 2.30. The van der Waals surface area contributed by atoms with Crippen molar-refractivity contribution >= 4 is 11.8 Å². The summed E-state index contributed by atoms with van der Waals surface area (Å²) in [6.07, 6.45) is -6.23. The topological polar surface area (TPSA) is 102 Å². The fraction of sp³-hybridized carbons (Fsp3) is 0.263. The predicted octanol–water partition coefficient (Wildman–Crippen LogP) is 1.96. The molecule has 2 amide bonds. The van der Waals surface area contributed by atoms with Gasteiger partial charge in [-0.2, -0.15) is 13.2 Å². The number of rotatable bonds is 7. The molecular weight excluding hydrogens is 377 g/mol. The first kappa shape index (κ1) is 21.2. The van der Waals surface area contributed by atoms with Crippen LogP contribution in [0.1, 0.15) is 22.8 Å². The Hall–Kier alpha value is -3.07. The largest absolute Gasteiger partial charge is 0.497 e. The third-order valence-corrected chi connectivity index (χ3v) is 4.04. The number of aliphatic hydroxyl groups is 1. The molecule has 0 heterocycles. The lowest BCUT2D eigenvalue weighted by atomic mass is 10.0. The fourth-order valence-corrected chi connectivity index (χ4v) is 2.51. The van der Waals surface area contributed by atoms with E-state index in [1.807, 2.05) is 0 Å². The summed E-state index contributed by atoms with van der Waals surface area (Å²) in [5, 5.41) is 12.4. The van der Waals surface area contributed by atoms with E-state index in [1.54, 1.807) is 24.3 Å². The van der Waals surface area contributed by atoms with Gasteiger partial charge in [-0.3, -0.25) is 9.59 Å². The molecule has 0 saturated carbocycles. The van der Waals surface area contributed by atoms with Crippen LogP contribution in [0.25, 0.3) is 0 Å². The molecule has 0 aromatic heterocycles. The van der Waals surface area contributed by atoms with E-state index in [1.165, 1.54) is 7.11 Å². The number of nitrogens with one attached hydrogen (secondary N) is 1. The molecular formula is C19H19F3N2O4. The Morgan fingerprint density at radius 2 is 1.82 bits per heavy atom. The number of carbonyl (C=O) groups is 2. The molecule has 150 valence electrons. The molecule has 2 rings (SSSR count). The van der Waals surface area contributed by atoms with Crippen molar-refractivity contribution < 1.29 is 32.6 Å². The van der Waals surface area contributed by atoms with Crippen LogP contribution in [0.15, 0.2) is 48.5 Å². The highest BCUT2D eigenvalue weighted by atomic mass is 19.4. The number of alkyl halides is 3. The molecule has 0 spiro atoms. The van der Waals surface area contributed by atoms with E-state index in [4.69, 9.17) is 10.5 Å². The molecule has 2 atom stereocenters. The number of primary amides is 1. The van der Waals surface area contributed by atoms with E-state index in [2.05, 4.69) is 5.32 Å². The van der Waals surface area contributed by atoms with Crippen molar-refractivity contribution in [3.8, 4) is 5.75 Å². The molecule has 0 fully saturated rings. The number of nitrogens with two attached hydrogens (primary N) is 1. The second-order valence-corrected chi connectivity index (χ2v) is 6.04. The molecule has 0 aliphatic heterocycles. The number of carbonyl (C=O) groups excluding carboxylic acids is 2. The molecule has 4 N–H and O–H groups in total. The first-order chi connectivity index (χ1) is 13.1. The molecule has 0 bridgehead atoms. The minimum Gasteiger partial charge on any atom is -0.497 e. The molecule has 0 aliphatic rings. The summed E-state index contributed by atoms with van der Waals surface area (Å²) in [5.41, 5.74) is 5.03. The molecule has 6 nitrogen and oxygen atoms in total. The van der Waals surface area contributed by atoms with Gasteiger partial charge in [0.15, 0.2) is 6.10 Å². The van der Waals surface area contributed by atoms with Crippen LogP contribution in [0, 0.1) is 0 Å². The van der Waals surface area contributed by atoms with E-state index in [0.717, 1.165) is 24.3 Å². The Kier molecular flexibility index (Phi) is 6.63. The van der Waals surface area contributed by atoms with Gasteiger partial charge in [-0.1, -0.05) is 24.3 Å². The number of hydrogen-bond donors (Lipinski definition) is 3. The summed E-state index contributed by atoms with van der Waals surface area (Å²) in [5.74, 6) is -1.22. The molecule has 9 heteroatoms. The van der Waals surface area contributed by atoms with Crippen LogP contribution in [0.2, 0.25) is 0 Å². The van der Waals surface area contributed by atoms with Crippen molar-refractivity contribution in [3.63, 3.8) is 0 Å². The minimum atomic E-state index is -4.53. The number of amides is 2. The van der Waals surface area contributed by atoms with Crippen molar-refractivity contribution in [2.75, 3.05) is 7.11 Å². The minimum absolute atomic E-state index is 0.0462. The van der Waals surface area contributed by atoms with Crippen LogP contribution in [0.3, 0.4) is 0 Å². The van der Waals surface area contributed by atoms with Crippen molar-refractivity contribution in [1.82, 2.24) is 5.32 Å². The van der Waals surface area contributed by atoms with Gasteiger partial charge in [-0.05, 0) is 35.4 Å². The fourth-order valence-electron chi connectivity index (χ4n) is 2.51. The summed E-state index contributed by atoms with van der Waals surface area (Å²) in [6.45, 7) is 0. The molecule has 0 radical (unpaired) electrons. The first-order valence-electron chi connectivity index (χ1n) is 8.19. The van der Waals surface area contributed by atoms with Crippen LogP contribution < -0.4 is 15.8 Å². The Balaban J connectivity index is 2.09. The van der Waals surface area contributed by atoms with Crippen LogP contribution in [0.5, 0.6) is 5.75 Å². The SMILES string of the molecule is COc1cccc(C[C@H](NC(=O)[C@@H](O)c2ccc(C(F)(F)F)cc2)C(N)=O)c1.